The lowest BCUT2D eigenvalue weighted by molar-refractivity contribution is 0.338. The third-order valence-corrected chi connectivity index (χ3v) is 3.52. The molecule has 104 valence electrons. The second kappa shape index (κ2) is 6.15. The number of nitrogens with two attached hydrogens (primary N) is 1. The zero-order valence-electron chi connectivity index (χ0n) is 11.5. The highest BCUT2D eigenvalue weighted by Gasteiger charge is 2.23. The first-order chi connectivity index (χ1) is 9.06. The van der Waals surface area contributed by atoms with Crippen LogP contribution in [-0.2, 0) is 6.42 Å². The summed E-state index contributed by atoms with van der Waals surface area (Å²) in [4.78, 5) is 6.36. The first-order valence-corrected chi connectivity index (χ1v) is 6.85. The van der Waals surface area contributed by atoms with Crippen LogP contribution in [0.15, 0.2) is 24.9 Å². The maximum absolute atomic E-state index is 13.2. The predicted octanol–water partition coefficient (Wildman–Crippen LogP) is 2.38. The molecule has 1 aromatic rings. The van der Waals surface area contributed by atoms with E-state index in [1.807, 2.05) is 24.0 Å². The Kier molecular flexibility index (Phi) is 4.53. The Morgan fingerprint density at radius 1 is 1.68 bits per heavy atom. The number of pyridine rings is 1. The monoisotopic (exact) mass is 263 g/mol. The van der Waals surface area contributed by atoms with Crippen molar-refractivity contribution in [2.75, 3.05) is 13.1 Å². The van der Waals surface area contributed by atoms with E-state index in [9.17, 15) is 4.39 Å². The highest BCUT2D eigenvalue weighted by atomic mass is 19.1. The van der Waals surface area contributed by atoms with Crippen LogP contribution in [0.25, 0.3) is 5.70 Å². The summed E-state index contributed by atoms with van der Waals surface area (Å²) < 4.78 is 13.2. The van der Waals surface area contributed by atoms with E-state index in [1.54, 1.807) is 6.20 Å². The minimum atomic E-state index is -0.726. The van der Waals surface area contributed by atoms with Crippen LogP contribution in [0.4, 0.5) is 4.39 Å². The van der Waals surface area contributed by atoms with Crippen LogP contribution < -0.4 is 5.73 Å². The molecule has 0 bridgehead atoms. The van der Waals surface area contributed by atoms with E-state index in [1.165, 1.54) is 0 Å². The molecule has 0 aromatic carbocycles. The van der Waals surface area contributed by atoms with Gasteiger partial charge in [0, 0.05) is 42.3 Å². The van der Waals surface area contributed by atoms with Gasteiger partial charge in [-0.3, -0.25) is 4.98 Å². The molecule has 3 nitrogen and oxygen atoms in total. The smallest absolute Gasteiger partial charge is 0.119 e. The van der Waals surface area contributed by atoms with Crippen molar-refractivity contribution in [3.63, 3.8) is 0 Å². The van der Waals surface area contributed by atoms with Crippen LogP contribution in [0.2, 0.25) is 0 Å². The second-order valence-corrected chi connectivity index (χ2v) is 5.33. The van der Waals surface area contributed by atoms with Crippen LogP contribution >= 0.6 is 0 Å². The van der Waals surface area contributed by atoms with Gasteiger partial charge in [-0.15, -0.1) is 0 Å². The summed E-state index contributed by atoms with van der Waals surface area (Å²) in [5.74, 6) is 0. The van der Waals surface area contributed by atoms with Gasteiger partial charge in [-0.2, -0.15) is 0 Å². The number of aryl methyl sites for hydroxylation is 1. The Balaban J connectivity index is 2.03. The summed E-state index contributed by atoms with van der Waals surface area (Å²) in [5.41, 5.74) is 8.70. The number of hydrogen-bond donors (Lipinski definition) is 1. The van der Waals surface area contributed by atoms with E-state index in [2.05, 4.69) is 11.6 Å². The average molecular weight is 263 g/mol. The Hall–Kier alpha value is -1.42. The summed E-state index contributed by atoms with van der Waals surface area (Å²) in [5, 5.41) is 0. The molecule has 0 spiro atoms. The van der Waals surface area contributed by atoms with E-state index in [0.29, 0.717) is 13.0 Å². The number of nitrogens with zero attached hydrogens (tertiary/aromatic N) is 2. The Morgan fingerprint density at radius 3 is 3.11 bits per heavy atom. The first-order valence-electron chi connectivity index (χ1n) is 6.85. The summed E-state index contributed by atoms with van der Waals surface area (Å²) in [7, 11) is 0. The van der Waals surface area contributed by atoms with E-state index in [0.717, 1.165) is 36.3 Å². The average Bonchev–Trinajstić information content (AvgIpc) is 2.82. The predicted molar refractivity (Wildman–Crippen MR) is 76.3 cm³/mol. The van der Waals surface area contributed by atoms with Crippen LogP contribution in [0.5, 0.6) is 0 Å². The maximum atomic E-state index is 13.2. The zero-order chi connectivity index (χ0) is 13.8. The molecule has 2 rings (SSSR count). The van der Waals surface area contributed by atoms with Gasteiger partial charge in [-0.05, 0) is 38.3 Å². The van der Waals surface area contributed by atoms with Crippen molar-refractivity contribution in [3.05, 3.63) is 36.2 Å². The van der Waals surface area contributed by atoms with Crippen molar-refractivity contribution in [2.45, 2.75) is 38.4 Å². The number of hydrogen-bond acceptors (Lipinski definition) is 3. The number of rotatable bonds is 5. The summed E-state index contributed by atoms with van der Waals surface area (Å²) >= 11 is 0. The molecule has 2 N–H and O–H groups in total. The molecule has 0 radical (unpaired) electrons. The van der Waals surface area contributed by atoms with Crippen molar-refractivity contribution in [2.24, 2.45) is 5.73 Å². The molecule has 1 aliphatic rings. The van der Waals surface area contributed by atoms with E-state index >= 15 is 0 Å². The van der Waals surface area contributed by atoms with Gasteiger partial charge in [0.15, 0.2) is 0 Å². The fourth-order valence-electron chi connectivity index (χ4n) is 2.32. The van der Waals surface area contributed by atoms with Crippen molar-refractivity contribution in [1.82, 2.24) is 9.88 Å². The minimum absolute atomic E-state index is 0.180. The van der Waals surface area contributed by atoms with Crippen molar-refractivity contribution in [1.29, 1.82) is 0 Å². The quantitative estimate of drug-likeness (QED) is 0.887. The van der Waals surface area contributed by atoms with Gasteiger partial charge in [0.25, 0.3) is 0 Å². The molecule has 1 fully saturated rings. The Labute approximate surface area is 114 Å². The summed E-state index contributed by atoms with van der Waals surface area (Å²) in [6.07, 6.45) is 3.45. The molecule has 1 aromatic heterocycles. The number of aromatic nitrogens is 1. The molecule has 0 amide bonds. The molecule has 2 atom stereocenters. The van der Waals surface area contributed by atoms with E-state index < -0.39 is 6.17 Å². The van der Waals surface area contributed by atoms with Crippen LogP contribution in [0, 0.1) is 0 Å². The fraction of sp³-hybridized carbons (Fsp3) is 0.533. The fourth-order valence-corrected chi connectivity index (χ4v) is 2.32. The molecule has 1 aliphatic heterocycles. The standard InChI is InChI=1S/C15H22FN3/c1-11(17)3-4-15-9-13(5-7-18-15)12(2)19-8-6-14(16)10-19/h5,7,9,11,14H,2-4,6,8,10,17H2,1H3. The molecule has 2 unspecified atom stereocenters. The van der Waals surface area contributed by atoms with Crippen molar-refractivity contribution >= 4 is 5.70 Å². The van der Waals surface area contributed by atoms with Crippen LogP contribution in [0.1, 0.15) is 31.0 Å². The topological polar surface area (TPSA) is 42.1 Å². The van der Waals surface area contributed by atoms with Gasteiger partial charge >= 0.3 is 0 Å². The van der Waals surface area contributed by atoms with Gasteiger partial charge in [-0.1, -0.05) is 6.58 Å². The lowest BCUT2D eigenvalue weighted by Gasteiger charge is -2.20. The summed E-state index contributed by atoms with van der Waals surface area (Å²) in [6.45, 7) is 7.28. The number of alkyl halides is 1. The third kappa shape index (κ3) is 3.77. The number of halogens is 1. The lowest BCUT2D eigenvalue weighted by atomic mass is 10.1. The van der Waals surface area contributed by atoms with Crippen molar-refractivity contribution < 1.29 is 4.39 Å². The van der Waals surface area contributed by atoms with Gasteiger partial charge in [-0.25, -0.2) is 4.39 Å². The normalized spacial score (nSPS) is 20.6. The van der Waals surface area contributed by atoms with Crippen molar-refractivity contribution in [3.8, 4) is 0 Å². The SMILES string of the molecule is C=C(c1ccnc(CCC(C)N)c1)N1CCC(F)C1. The highest BCUT2D eigenvalue weighted by Crippen LogP contribution is 2.24. The lowest BCUT2D eigenvalue weighted by Crippen LogP contribution is -2.19. The molecule has 19 heavy (non-hydrogen) atoms. The molecular formula is C15H22FN3. The van der Waals surface area contributed by atoms with E-state index in [4.69, 9.17) is 5.73 Å². The molecular weight excluding hydrogens is 241 g/mol. The van der Waals surface area contributed by atoms with Gasteiger partial charge in [0.2, 0.25) is 0 Å². The molecule has 2 heterocycles. The highest BCUT2D eigenvalue weighted by molar-refractivity contribution is 5.62. The molecule has 1 saturated heterocycles. The Morgan fingerprint density at radius 2 is 2.47 bits per heavy atom. The first kappa shape index (κ1) is 14.0. The molecule has 0 saturated carbocycles. The van der Waals surface area contributed by atoms with Crippen LogP contribution in [0.3, 0.4) is 0 Å². The Bertz CT molecular complexity index is 445. The molecule has 0 aliphatic carbocycles. The zero-order valence-corrected chi connectivity index (χ0v) is 11.5. The maximum Gasteiger partial charge on any atom is 0.119 e. The third-order valence-electron chi connectivity index (χ3n) is 3.52. The van der Waals surface area contributed by atoms with Gasteiger partial charge < -0.3 is 10.6 Å². The van der Waals surface area contributed by atoms with E-state index in [-0.39, 0.29) is 6.04 Å². The summed E-state index contributed by atoms with van der Waals surface area (Å²) in [6, 6.07) is 4.15. The second-order valence-electron chi connectivity index (χ2n) is 5.33. The number of likely N-dealkylation sites (tertiary alicyclic amines) is 1. The largest absolute Gasteiger partial charge is 0.369 e. The van der Waals surface area contributed by atoms with Gasteiger partial charge in [0.1, 0.15) is 6.17 Å². The molecule has 4 heteroatoms. The van der Waals surface area contributed by atoms with Crippen LogP contribution in [-0.4, -0.2) is 35.2 Å². The minimum Gasteiger partial charge on any atom is -0.369 e. The van der Waals surface area contributed by atoms with Gasteiger partial charge in [0.05, 0.1) is 0 Å².